The van der Waals surface area contributed by atoms with Gasteiger partial charge in [0.25, 0.3) is 0 Å². The molecule has 125 heavy (non-hydrogen) atoms. The van der Waals surface area contributed by atoms with Crippen molar-refractivity contribution in [2.45, 2.75) is 155 Å². The van der Waals surface area contributed by atoms with Gasteiger partial charge in [-0.2, -0.15) is 0 Å². The molecule has 0 unspecified atom stereocenters. The molecule has 3 N–H and O–H groups in total. The molecule has 0 fully saturated rings. The Hall–Kier alpha value is -11.6. The summed E-state index contributed by atoms with van der Waals surface area (Å²) in [4.78, 5) is 45.7. The fourth-order valence-electron chi connectivity index (χ4n) is 17.7. The smallest absolute Gasteiger partial charge is 0.155 e. The Balaban J connectivity index is 0.000000173. The van der Waals surface area contributed by atoms with Crippen molar-refractivity contribution in [1.29, 1.82) is 0 Å². The van der Waals surface area contributed by atoms with Crippen LogP contribution in [-0.4, -0.2) is 47.6 Å². The summed E-state index contributed by atoms with van der Waals surface area (Å²) in [6.45, 7) is 39.6. The normalized spacial score (nSPS) is 13.0. The zero-order valence-corrected chi connectivity index (χ0v) is 81.9. The zero-order chi connectivity index (χ0) is 87.6. The molecule has 3 aliphatic rings. The molecule has 639 valence electrons. The van der Waals surface area contributed by atoms with Crippen LogP contribution in [-0.2, 0) is 90.9 Å². The first-order chi connectivity index (χ1) is 57.9. The van der Waals surface area contributed by atoms with Crippen molar-refractivity contribution in [3.63, 3.8) is 0 Å². The van der Waals surface area contributed by atoms with Crippen LogP contribution < -0.4 is 0 Å². The first-order valence-corrected chi connectivity index (χ1v) is 41.6. The molecule has 0 amide bonds. The van der Waals surface area contributed by atoms with E-state index < -0.39 is 0 Å². The maximum absolute atomic E-state index is 10.0. The van der Waals surface area contributed by atoms with Crippen LogP contribution in [0, 0.1) is 73.6 Å². The number of benzene rings is 12. The fraction of sp³-hybridized carbons (Fsp3) is 0.204. The van der Waals surface area contributed by atoms with E-state index in [0.29, 0.717) is 0 Å². The number of fused-ring (bicyclic) bond motifs is 12. The van der Waals surface area contributed by atoms with Gasteiger partial charge in [-0.1, -0.05) is 259 Å². The number of pyridine rings is 3. The molecule has 0 atom stereocenters. The summed E-state index contributed by atoms with van der Waals surface area (Å²) in [6, 6.07) is 99.1. The van der Waals surface area contributed by atoms with E-state index in [1.54, 1.807) is 0 Å². The molecule has 0 spiro atoms. The van der Waals surface area contributed by atoms with Crippen LogP contribution in [0.1, 0.15) is 161 Å². The molecule has 3 aromatic heterocycles. The summed E-state index contributed by atoms with van der Waals surface area (Å²) in [5, 5.41) is 28.7. The Kier molecular flexibility index (Phi) is 30.4. The molecule has 18 rings (SSSR count). The number of rotatable bonds is 9. The van der Waals surface area contributed by atoms with Crippen molar-refractivity contribution in [3.05, 3.63) is 374 Å². The van der Waals surface area contributed by atoms with Crippen molar-refractivity contribution in [1.82, 2.24) is 15.0 Å². The summed E-state index contributed by atoms with van der Waals surface area (Å²) in [7, 11) is 0. The van der Waals surface area contributed by atoms with E-state index in [1.165, 1.54) is 204 Å². The third kappa shape index (κ3) is 21.2. The Labute approximate surface area is 778 Å². The van der Waals surface area contributed by atoms with Gasteiger partial charge in [-0.25, -0.2) is 0 Å². The van der Waals surface area contributed by atoms with Crippen molar-refractivity contribution in [3.8, 4) is 101 Å². The van der Waals surface area contributed by atoms with Gasteiger partial charge in [-0.3, -0.25) is 29.3 Å². The second-order valence-electron chi connectivity index (χ2n) is 34.4. The van der Waals surface area contributed by atoms with Gasteiger partial charge >= 0.3 is 0 Å². The molecule has 0 aliphatic heterocycles. The number of ketones is 3. The third-order valence-corrected chi connectivity index (χ3v) is 22.9. The summed E-state index contributed by atoms with van der Waals surface area (Å²) in [5.41, 5.74) is 42.3. The van der Waals surface area contributed by atoms with E-state index in [-0.39, 0.29) is 111 Å². The zero-order valence-electron chi connectivity index (χ0n) is 74.7. The van der Waals surface area contributed by atoms with Crippen LogP contribution in [0.3, 0.4) is 0 Å². The first-order valence-electron chi connectivity index (χ1n) is 41.6. The summed E-state index contributed by atoms with van der Waals surface area (Å²) < 4.78 is 0. The van der Waals surface area contributed by atoms with Crippen molar-refractivity contribution >= 4 is 50.1 Å². The quantitative estimate of drug-likeness (QED) is 0.0729. The molecule has 0 saturated carbocycles. The van der Waals surface area contributed by atoms with Crippen LogP contribution in [0.2, 0.25) is 0 Å². The Morgan fingerprint density at radius 1 is 0.280 bits per heavy atom. The first kappa shape index (κ1) is 95.7. The predicted octanol–water partition coefficient (Wildman–Crippen LogP) is 28.6. The number of hydrogen-bond acceptors (Lipinski definition) is 9. The van der Waals surface area contributed by atoms with E-state index in [4.69, 9.17) is 30.3 Å². The standard InChI is InChI=1S/2C33H28N.C32H26N.3C5H8O2.3Ir/c1-20-9-8-10-23(14-20)26-18-31(24-15-21(2)13-22(3)16-24)34-32-19-30-27(17-28(26)32)25-11-6-7-12-29(25)33(30,4)5;1-20-14-21(2)16-23(15-20)31-18-26(24-11-7-6-10-22(24)3)28-17-27-25-12-8-9-13-29(25)33(4,5)30(27)19-32(28)34-31;1-20-14-21(2)16-23(15-20)30-18-25(22-10-6-5-7-11-22)27-17-26-24-12-8-9-13-28(24)32(3,4)29(26)19-31(27)33-30;3*1-4(6)3-5(2)7;;;/h2*6-15,17-19H,1-5H3;5-15,17-19H,1-4H3;3*3,6H,1-2H3;;;/q3*-1;;;;;;. The van der Waals surface area contributed by atoms with Crippen molar-refractivity contribution < 1.29 is 90.0 Å². The van der Waals surface area contributed by atoms with Gasteiger partial charge in [0.05, 0.1) is 33.8 Å². The van der Waals surface area contributed by atoms with Gasteiger partial charge in [0.15, 0.2) is 17.3 Å². The largest absolute Gasteiger partial charge is 0.512 e. The number of aromatic nitrogens is 3. The number of carbonyl (C=O) groups is 3. The van der Waals surface area contributed by atoms with Crippen LogP contribution in [0.5, 0.6) is 0 Å². The van der Waals surface area contributed by atoms with Gasteiger partial charge in [-0.05, 0) is 215 Å². The van der Waals surface area contributed by atoms with E-state index in [2.05, 4.69) is 358 Å². The molecule has 9 nitrogen and oxygen atoms in total. The Morgan fingerprint density at radius 3 is 0.888 bits per heavy atom. The molecule has 3 aliphatic carbocycles. The minimum atomic E-state index is -0.125. The van der Waals surface area contributed by atoms with E-state index in [9.17, 15) is 14.4 Å². The molecular weight excluding hydrogens is 2070 g/mol. The molecule has 3 radical (unpaired) electrons. The molecule has 3 heterocycles. The minimum absolute atomic E-state index is 0. The maximum atomic E-state index is 10.0. The molecule has 12 heteroatoms. The topological polar surface area (TPSA) is 151 Å². The van der Waals surface area contributed by atoms with Crippen molar-refractivity contribution in [2.24, 2.45) is 0 Å². The van der Waals surface area contributed by atoms with Crippen LogP contribution in [0.25, 0.3) is 133 Å². The predicted molar refractivity (Wildman–Crippen MR) is 506 cm³/mol. The second-order valence-corrected chi connectivity index (χ2v) is 34.4. The second kappa shape index (κ2) is 39.7. The number of aryl methyl sites for hydroxylation is 8. The molecule has 0 bridgehead atoms. The molecule has 0 saturated heterocycles. The molecular formula is C113H106Ir3N3O6-3. The monoisotopic (exact) mass is 2180 g/mol. The van der Waals surface area contributed by atoms with Crippen LogP contribution in [0.4, 0.5) is 0 Å². The summed E-state index contributed by atoms with van der Waals surface area (Å²) >= 11 is 0. The minimum Gasteiger partial charge on any atom is -0.512 e. The average Bonchev–Trinajstić information content (AvgIpc) is 1.59. The maximum Gasteiger partial charge on any atom is 0.155 e. The third-order valence-electron chi connectivity index (χ3n) is 22.9. The number of hydrogen-bond donors (Lipinski definition) is 3. The number of allylic oxidation sites excluding steroid dienone is 6. The van der Waals surface area contributed by atoms with E-state index in [0.717, 1.165) is 67.0 Å². The summed E-state index contributed by atoms with van der Waals surface area (Å²) in [5.74, 6) is -0.187. The van der Waals surface area contributed by atoms with Gasteiger partial charge in [0.2, 0.25) is 0 Å². The number of aliphatic hydroxyl groups excluding tert-OH is 3. The van der Waals surface area contributed by atoms with Gasteiger partial charge < -0.3 is 15.3 Å². The summed E-state index contributed by atoms with van der Waals surface area (Å²) in [6.07, 6.45) is 3.50. The SMILES string of the molecule is CC(=O)C=C(C)O.CC(=O)C=C(C)O.CC(=O)C=C(C)O.Cc1[c-]c(-c2cc(-c3cccc(C)c3)c3cc4c(cc3n2)C(C)(C)c2ccccc2-4)cc(C)c1.Cc1[c-]c(-c2cc(-c3ccccc3)c3cc4c(cc3n2)C(C)(C)c2ccccc2-4)cc(C)c1.Cc1[c-]c(-c2cc(-c3ccccc3C)c3cc4c(cc3n2)C(C)(C)c2ccccc2-4)cc(C)c1.[Ir].[Ir].[Ir]. The average molecular weight is 2180 g/mol. The number of carbonyl (C=O) groups excluding carboxylic acids is 3. The van der Waals surface area contributed by atoms with Gasteiger partial charge in [0, 0.05) is 111 Å². The van der Waals surface area contributed by atoms with Crippen molar-refractivity contribution in [2.75, 3.05) is 0 Å². The molecule has 15 aromatic rings. The number of aliphatic hydroxyl groups is 3. The Bertz CT molecular complexity index is 6630. The van der Waals surface area contributed by atoms with E-state index >= 15 is 0 Å². The van der Waals surface area contributed by atoms with Gasteiger partial charge in [0.1, 0.15) is 0 Å². The fourth-order valence-corrected chi connectivity index (χ4v) is 17.7. The van der Waals surface area contributed by atoms with Crippen LogP contribution >= 0.6 is 0 Å². The number of nitrogens with zero attached hydrogens (tertiary/aromatic N) is 3. The van der Waals surface area contributed by atoms with Crippen LogP contribution in [0.15, 0.2) is 278 Å². The molecule has 12 aromatic carbocycles. The van der Waals surface area contributed by atoms with E-state index in [1.807, 2.05) is 0 Å². The van der Waals surface area contributed by atoms with Gasteiger partial charge in [-0.15, -0.1) is 105 Å². The Morgan fingerprint density at radius 2 is 0.576 bits per heavy atom.